The van der Waals surface area contributed by atoms with Gasteiger partial charge in [0.15, 0.2) is 0 Å². The average molecular weight is 201 g/mol. The Balaban J connectivity index is 2.78. The minimum Gasteiger partial charge on any atom is -0.429 e. The maximum Gasteiger partial charge on any atom is 0.298 e. The van der Waals surface area contributed by atoms with E-state index in [4.69, 9.17) is 0 Å². The van der Waals surface area contributed by atoms with Gasteiger partial charge in [0.2, 0.25) is 0 Å². The Kier molecular flexibility index (Phi) is 2.45. The Bertz CT molecular complexity index is 218. The fourth-order valence-corrected chi connectivity index (χ4v) is 0.833. The largest absolute Gasteiger partial charge is 0.429 e. The van der Waals surface area contributed by atoms with Crippen molar-refractivity contribution in [3.05, 3.63) is 28.7 Å². The third-order valence-electron chi connectivity index (χ3n) is 0.998. The fourth-order valence-electron chi connectivity index (χ4n) is 0.569. The lowest BCUT2D eigenvalue weighted by Crippen LogP contribution is -1.86. The molecule has 0 aliphatic heterocycles. The number of carbonyl (C=O) groups is 1. The van der Waals surface area contributed by atoms with Gasteiger partial charge in [-0.25, -0.2) is 0 Å². The summed E-state index contributed by atoms with van der Waals surface area (Å²) in [5.74, 6) is 0.554. The van der Waals surface area contributed by atoms with Gasteiger partial charge in [0, 0.05) is 4.47 Å². The van der Waals surface area contributed by atoms with Crippen LogP contribution in [0.2, 0.25) is 0 Å². The normalized spacial score (nSPS) is 8.90. The summed E-state index contributed by atoms with van der Waals surface area (Å²) in [6, 6.07) is 7.02. The van der Waals surface area contributed by atoms with Crippen LogP contribution in [-0.4, -0.2) is 6.47 Å². The molecule has 0 atom stereocenters. The zero-order chi connectivity index (χ0) is 7.40. The Morgan fingerprint density at radius 1 is 1.30 bits per heavy atom. The van der Waals surface area contributed by atoms with Crippen molar-refractivity contribution in [3.63, 3.8) is 0 Å². The van der Waals surface area contributed by atoms with Gasteiger partial charge in [0.25, 0.3) is 6.47 Å². The number of hydrogen-bond donors (Lipinski definition) is 0. The molecule has 0 unspecified atom stereocenters. The summed E-state index contributed by atoms with van der Waals surface area (Å²) in [4.78, 5) is 9.83. The third-order valence-corrected chi connectivity index (χ3v) is 1.53. The van der Waals surface area contributed by atoms with Gasteiger partial charge < -0.3 is 4.74 Å². The van der Waals surface area contributed by atoms with Crippen molar-refractivity contribution in [2.24, 2.45) is 0 Å². The minimum atomic E-state index is 0.406. The van der Waals surface area contributed by atoms with Crippen molar-refractivity contribution >= 4 is 22.4 Å². The molecule has 2 nitrogen and oxygen atoms in total. The van der Waals surface area contributed by atoms with Crippen LogP contribution in [0.15, 0.2) is 28.7 Å². The molecule has 1 aromatic carbocycles. The van der Waals surface area contributed by atoms with Crippen LogP contribution in [0.5, 0.6) is 5.75 Å². The van der Waals surface area contributed by atoms with E-state index >= 15 is 0 Å². The standard InChI is InChI=1S/C7H5BrO2/c8-6-1-3-7(4-2-6)10-5-9/h1-5H. The van der Waals surface area contributed by atoms with Crippen LogP contribution in [0.1, 0.15) is 0 Å². The quantitative estimate of drug-likeness (QED) is 0.683. The van der Waals surface area contributed by atoms with Gasteiger partial charge in [-0.15, -0.1) is 0 Å². The fraction of sp³-hybridized carbons (Fsp3) is 0. The van der Waals surface area contributed by atoms with Gasteiger partial charge in [-0.3, -0.25) is 4.79 Å². The summed E-state index contributed by atoms with van der Waals surface area (Å²) in [5.41, 5.74) is 0. The number of halogens is 1. The van der Waals surface area contributed by atoms with Crippen LogP contribution >= 0.6 is 15.9 Å². The Labute approximate surface area is 66.9 Å². The average Bonchev–Trinajstić information content (AvgIpc) is 1.95. The third kappa shape index (κ3) is 1.84. The van der Waals surface area contributed by atoms with Crippen LogP contribution < -0.4 is 4.74 Å². The molecule has 0 N–H and O–H groups in total. The van der Waals surface area contributed by atoms with Crippen molar-refractivity contribution in [1.29, 1.82) is 0 Å². The van der Waals surface area contributed by atoms with Gasteiger partial charge in [-0.05, 0) is 24.3 Å². The Morgan fingerprint density at radius 3 is 2.40 bits per heavy atom. The Morgan fingerprint density at radius 2 is 1.90 bits per heavy atom. The van der Waals surface area contributed by atoms with Crippen molar-refractivity contribution in [2.45, 2.75) is 0 Å². The number of ether oxygens (including phenoxy) is 1. The minimum absolute atomic E-state index is 0.406. The van der Waals surface area contributed by atoms with Gasteiger partial charge >= 0.3 is 0 Å². The van der Waals surface area contributed by atoms with Gasteiger partial charge in [-0.1, -0.05) is 15.9 Å². The maximum atomic E-state index is 9.83. The summed E-state index contributed by atoms with van der Waals surface area (Å²) in [6.07, 6.45) is 0. The molecule has 1 rings (SSSR count). The topological polar surface area (TPSA) is 26.3 Å². The molecule has 0 saturated heterocycles. The van der Waals surface area contributed by atoms with Crippen molar-refractivity contribution in [1.82, 2.24) is 0 Å². The molecule has 3 heteroatoms. The second kappa shape index (κ2) is 3.37. The van der Waals surface area contributed by atoms with E-state index in [1.54, 1.807) is 24.3 Å². The molecule has 0 aliphatic carbocycles. The lowest BCUT2D eigenvalue weighted by Gasteiger charge is -1.94. The van der Waals surface area contributed by atoms with Crippen LogP contribution in [0.25, 0.3) is 0 Å². The monoisotopic (exact) mass is 200 g/mol. The molecule has 0 amide bonds. The maximum absolute atomic E-state index is 9.83. The molecule has 0 heterocycles. The second-order valence-corrected chi connectivity index (χ2v) is 2.58. The smallest absolute Gasteiger partial charge is 0.298 e. The SMILES string of the molecule is O=COc1ccc(Br)cc1. The summed E-state index contributed by atoms with van der Waals surface area (Å²) in [7, 11) is 0. The van der Waals surface area contributed by atoms with E-state index in [2.05, 4.69) is 20.7 Å². The summed E-state index contributed by atoms with van der Waals surface area (Å²) in [5, 5.41) is 0. The van der Waals surface area contributed by atoms with Gasteiger partial charge in [0.05, 0.1) is 0 Å². The van der Waals surface area contributed by atoms with Crippen molar-refractivity contribution in [3.8, 4) is 5.75 Å². The van der Waals surface area contributed by atoms with E-state index in [1.165, 1.54) is 0 Å². The first kappa shape index (κ1) is 7.28. The lowest BCUT2D eigenvalue weighted by molar-refractivity contribution is -0.120. The molecule has 0 fully saturated rings. The van der Waals surface area contributed by atoms with Crippen molar-refractivity contribution in [2.75, 3.05) is 0 Å². The molecule has 0 aromatic heterocycles. The first-order valence-corrected chi connectivity index (χ1v) is 3.48. The van der Waals surface area contributed by atoms with E-state index in [0.717, 1.165) is 4.47 Å². The molecule has 0 bridgehead atoms. The second-order valence-electron chi connectivity index (χ2n) is 1.67. The van der Waals surface area contributed by atoms with Crippen LogP contribution in [0.3, 0.4) is 0 Å². The van der Waals surface area contributed by atoms with E-state index in [9.17, 15) is 4.79 Å². The highest BCUT2D eigenvalue weighted by atomic mass is 79.9. The van der Waals surface area contributed by atoms with Gasteiger partial charge in [0.1, 0.15) is 5.75 Å². The number of rotatable bonds is 2. The molecule has 1 aromatic rings. The number of hydrogen-bond acceptors (Lipinski definition) is 2. The molecular formula is C7H5BrO2. The predicted octanol–water partition coefficient (Wildman–Crippen LogP) is 1.98. The first-order chi connectivity index (χ1) is 4.83. The first-order valence-electron chi connectivity index (χ1n) is 2.69. The van der Waals surface area contributed by atoms with Crippen molar-refractivity contribution < 1.29 is 9.53 Å². The molecular weight excluding hydrogens is 196 g/mol. The van der Waals surface area contributed by atoms with Crippen LogP contribution in [0.4, 0.5) is 0 Å². The van der Waals surface area contributed by atoms with E-state index in [0.29, 0.717) is 12.2 Å². The zero-order valence-corrected chi connectivity index (χ0v) is 6.67. The highest BCUT2D eigenvalue weighted by molar-refractivity contribution is 9.10. The number of benzene rings is 1. The zero-order valence-electron chi connectivity index (χ0n) is 5.08. The summed E-state index contributed by atoms with van der Waals surface area (Å²) >= 11 is 3.25. The van der Waals surface area contributed by atoms with Crippen LogP contribution in [0, 0.1) is 0 Å². The highest BCUT2D eigenvalue weighted by Crippen LogP contribution is 2.15. The van der Waals surface area contributed by atoms with Gasteiger partial charge in [-0.2, -0.15) is 0 Å². The van der Waals surface area contributed by atoms with E-state index < -0.39 is 0 Å². The van der Waals surface area contributed by atoms with Crippen LogP contribution in [-0.2, 0) is 4.79 Å². The molecule has 0 aliphatic rings. The molecule has 52 valence electrons. The molecule has 0 saturated carbocycles. The summed E-state index contributed by atoms with van der Waals surface area (Å²) < 4.78 is 5.52. The molecule has 0 radical (unpaired) electrons. The molecule has 10 heavy (non-hydrogen) atoms. The molecule has 0 spiro atoms. The van der Waals surface area contributed by atoms with E-state index in [1.807, 2.05) is 0 Å². The predicted molar refractivity (Wildman–Crippen MR) is 40.8 cm³/mol. The Hall–Kier alpha value is -0.830. The summed E-state index contributed by atoms with van der Waals surface area (Å²) in [6.45, 7) is 0.406. The van der Waals surface area contributed by atoms with E-state index in [-0.39, 0.29) is 0 Å². The lowest BCUT2D eigenvalue weighted by atomic mass is 10.3. The highest BCUT2D eigenvalue weighted by Gasteiger charge is 1.89. The number of carbonyl (C=O) groups excluding carboxylic acids is 1.